The summed E-state index contributed by atoms with van der Waals surface area (Å²) >= 11 is 0. The summed E-state index contributed by atoms with van der Waals surface area (Å²) < 4.78 is 0. The molecule has 0 radical (unpaired) electrons. The number of imide groups is 1. The highest BCUT2D eigenvalue weighted by molar-refractivity contribution is 5.93. The highest BCUT2D eigenvalue weighted by Crippen LogP contribution is 2.09. The van der Waals surface area contributed by atoms with E-state index in [-0.39, 0.29) is 5.91 Å². The standard InChI is InChI=1S/C16H24N4O2/c17-16(22)18-15(21)7-10-19-8-4-9-20(12-11-19)13-14-5-2-1-3-6-14/h1-3,5-6H,4,7-13H2,(H3,17,18,21,22). The summed E-state index contributed by atoms with van der Waals surface area (Å²) in [4.78, 5) is 26.8. The minimum atomic E-state index is -0.782. The number of nitrogens with zero attached hydrogens (tertiary/aromatic N) is 2. The number of benzene rings is 1. The van der Waals surface area contributed by atoms with Crippen molar-refractivity contribution in [3.63, 3.8) is 0 Å². The zero-order chi connectivity index (χ0) is 15.8. The van der Waals surface area contributed by atoms with E-state index in [0.717, 1.165) is 39.1 Å². The first-order valence-electron chi connectivity index (χ1n) is 7.71. The third kappa shape index (κ3) is 5.83. The number of urea groups is 1. The third-order valence-electron chi connectivity index (χ3n) is 3.85. The van der Waals surface area contributed by atoms with E-state index in [9.17, 15) is 9.59 Å². The average Bonchev–Trinajstić information content (AvgIpc) is 2.71. The van der Waals surface area contributed by atoms with Crippen LogP contribution in [0.15, 0.2) is 30.3 Å². The van der Waals surface area contributed by atoms with E-state index in [4.69, 9.17) is 5.73 Å². The SMILES string of the molecule is NC(=O)NC(=O)CCN1CCCN(Cc2ccccc2)CC1. The Hall–Kier alpha value is -1.92. The van der Waals surface area contributed by atoms with Crippen LogP contribution in [-0.2, 0) is 11.3 Å². The van der Waals surface area contributed by atoms with Crippen LogP contribution in [0.3, 0.4) is 0 Å². The molecule has 1 aromatic rings. The summed E-state index contributed by atoms with van der Waals surface area (Å²) in [5.74, 6) is -0.308. The van der Waals surface area contributed by atoms with E-state index >= 15 is 0 Å². The summed E-state index contributed by atoms with van der Waals surface area (Å²) in [6.07, 6.45) is 1.39. The van der Waals surface area contributed by atoms with Gasteiger partial charge in [0.05, 0.1) is 0 Å². The van der Waals surface area contributed by atoms with Crippen LogP contribution in [0, 0.1) is 0 Å². The minimum Gasteiger partial charge on any atom is -0.351 e. The Morgan fingerprint density at radius 1 is 1.05 bits per heavy atom. The second-order valence-corrected chi connectivity index (χ2v) is 5.62. The van der Waals surface area contributed by atoms with Gasteiger partial charge in [-0.05, 0) is 25.1 Å². The van der Waals surface area contributed by atoms with Gasteiger partial charge in [0.1, 0.15) is 0 Å². The van der Waals surface area contributed by atoms with Crippen LogP contribution in [0.5, 0.6) is 0 Å². The van der Waals surface area contributed by atoms with Crippen molar-refractivity contribution in [2.24, 2.45) is 5.73 Å². The molecule has 1 fully saturated rings. The second-order valence-electron chi connectivity index (χ2n) is 5.62. The Morgan fingerprint density at radius 3 is 2.45 bits per heavy atom. The van der Waals surface area contributed by atoms with Crippen molar-refractivity contribution in [1.29, 1.82) is 0 Å². The van der Waals surface area contributed by atoms with Crippen molar-refractivity contribution >= 4 is 11.9 Å². The molecular weight excluding hydrogens is 280 g/mol. The molecule has 1 aliphatic heterocycles. The fourth-order valence-electron chi connectivity index (χ4n) is 2.71. The lowest BCUT2D eigenvalue weighted by Crippen LogP contribution is -2.38. The Balaban J connectivity index is 1.73. The van der Waals surface area contributed by atoms with Crippen molar-refractivity contribution in [2.75, 3.05) is 32.7 Å². The summed E-state index contributed by atoms with van der Waals surface area (Å²) in [7, 11) is 0. The molecule has 6 nitrogen and oxygen atoms in total. The maximum absolute atomic E-state index is 11.4. The van der Waals surface area contributed by atoms with Crippen molar-refractivity contribution < 1.29 is 9.59 Å². The molecule has 1 heterocycles. The summed E-state index contributed by atoms with van der Waals surface area (Å²) in [5, 5.41) is 2.10. The van der Waals surface area contributed by atoms with Crippen molar-refractivity contribution in [3.05, 3.63) is 35.9 Å². The van der Waals surface area contributed by atoms with Gasteiger partial charge < -0.3 is 10.6 Å². The van der Waals surface area contributed by atoms with Gasteiger partial charge in [-0.15, -0.1) is 0 Å². The van der Waals surface area contributed by atoms with Gasteiger partial charge in [0, 0.05) is 32.6 Å². The monoisotopic (exact) mass is 304 g/mol. The average molecular weight is 304 g/mol. The minimum absolute atomic E-state index is 0.307. The van der Waals surface area contributed by atoms with Gasteiger partial charge in [-0.1, -0.05) is 30.3 Å². The molecule has 2 rings (SSSR count). The molecule has 120 valence electrons. The third-order valence-corrected chi connectivity index (χ3v) is 3.85. The predicted octanol–water partition coefficient (Wildman–Crippen LogP) is 0.779. The van der Waals surface area contributed by atoms with E-state index < -0.39 is 6.03 Å². The summed E-state index contributed by atoms with van der Waals surface area (Å²) in [6.45, 7) is 5.62. The van der Waals surface area contributed by atoms with Gasteiger partial charge in [-0.25, -0.2) is 4.79 Å². The van der Waals surface area contributed by atoms with Crippen LogP contribution >= 0.6 is 0 Å². The number of amides is 3. The molecule has 1 aliphatic rings. The lowest BCUT2D eigenvalue weighted by atomic mass is 10.2. The number of primary amides is 1. The largest absolute Gasteiger partial charge is 0.351 e. The van der Waals surface area contributed by atoms with E-state index in [2.05, 4.69) is 39.4 Å². The van der Waals surface area contributed by atoms with Crippen LogP contribution in [0.4, 0.5) is 4.79 Å². The van der Waals surface area contributed by atoms with Gasteiger partial charge in [0.25, 0.3) is 0 Å². The Kier molecular flexibility index (Phi) is 6.36. The summed E-state index contributed by atoms with van der Waals surface area (Å²) in [6, 6.07) is 9.68. The zero-order valence-electron chi connectivity index (χ0n) is 12.8. The van der Waals surface area contributed by atoms with Gasteiger partial charge in [-0.3, -0.25) is 15.0 Å². The normalized spacial score (nSPS) is 16.9. The van der Waals surface area contributed by atoms with Crippen LogP contribution in [0.25, 0.3) is 0 Å². The fraction of sp³-hybridized carbons (Fsp3) is 0.500. The molecule has 0 unspecified atom stereocenters. The Morgan fingerprint density at radius 2 is 1.73 bits per heavy atom. The molecule has 3 N–H and O–H groups in total. The Bertz CT molecular complexity index is 492. The first kappa shape index (κ1) is 16.5. The fourth-order valence-corrected chi connectivity index (χ4v) is 2.71. The maximum atomic E-state index is 11.4. The highest BCUT2D eigenvalue weighted by atomic mass is 16.2. The quantitative estimate of drug-likeness (QED) is 0.842. The number of nitrogens with two attached hydrogens (primary N) is 1. The van der Waals surface area contributed by atoms with E-state index in [0.29, 0.717) is 13.0 Å². The number of carbonyl (C=O) groups excluding carboxylic acids is 2. The predicted molar refractivity (Wildman–Crippen MR) is 85.1 cm³/mol. The van der Waals surface area contributed by atoms with E-state index in [1.807, 2.05) is 6.07 Å². The maximum Gasteiger partial charge on any atom is 0.318 e. The molecule has 0 saturated carbocycles. The lowest BCUT2D eigenvalue weighted by molar-refractivity contribution is -0.120. The first-order valence-corrected chi connectivity index (χ1v) is 7.71. The molecular formula is C16H24N4O2. The van der Waals surface area contributed by atoms with Crippen LogP contribution < -0.4 is 11.1 Å². The van der Waals surface area contributed by atoms with Crippen molar-refractivity contribution in [2.45, 2.75) is 19.4 Å². The molecule has 1 aromatic carbocycles. The molecule has 22 heavy (non-hydrogen) atoms. The molecule has 3 amide bonds. The molecule has 0 aromatic heterocycles. The van der Waals surface area contributed by atoms with E-state index in [1.54, 1.807) is 0 Å². The van der Waals surface area contributed by atoms with Gasteiger partial charge in [-0.2, -0.15) is 0 Å². The highest BCUT2D eigenvalue weighted by Gasteiger charge is 2.16. The van der Waals surface area contributed by atoms with Gasteiger partial charge in [0.15, 0.2) is 0 Å². The van der Waals surface area contributed by atoms with Crippen LogP contribution in [0.2, 0.25) is 0 Å². The molecule has 0 aliphatic carbocycles. The second kappa shape index (κ2) is 8.51. The molecule has 1 saturated heterocycles. The molecule has 0 bridgehead atoms. The van der Waals surface area contributed by atoms with Crippen molar-refractivity contribution in [3.8, 4) is 0 Å². The van der Waals surface area contributed by atoms with Crippen LogP contribution in [-0.4, -0.2) is 54.5 Å². The van der Waals surface area contributed by atoms with Gasteiger partial charge >= 0.3 is 6.03 Å². The first-order chi connectivity index (χ1) is 10.6. The zero-order valence-corrected chi connectivity index (χ0v) is 12.8. The summed E-state index contributed by atoms with van der Waals surface area (Å²) in [5.41, 5.74) is 6.26. The number of hydrogen-bond acceptors (Lipinski definition) is 4. The molecule has 0 atom stereocenters. The van der Waals surface area contributed by atoms with Crippen molar-refractivity contribution in [1.82, 2.24) is 15.1 Å². The lowest BCUT2D eigenvalue weighted by Gasteiger charge is -2.21. The molecule has 0 spiro atoms. The van der Waals surface area contributed by atoms with E-state index in [1.165, 1.54) is 5.56 Å². The van der Waals surface area contributed by atoms with Crippen LogP contribution in [0.1, 0.15) is 18.4 Å². The van der Waals surface area contributed by atoms with Gasteiger partial charge in [0.2, 0.25) is 5.91 Å². The number of nitrogens with one attached hydrogen (secondary N) is 1. The topological polar surface area (TPSA) is 78.7 Å². The number of hydrogen-bond donors (Lipinski definition) is 2. The number of carbonyl (C=O) groups is 2. The Labute approximate surface area is 131 Å². The smallest absolute Gasteiger partial charge is 0.318 e. The molecule has 6 heteroatoms. The number of rotatable bonds is 5.